The van der Waals surface area contributed by atoms with Gasteiger partial charge in [0.05, 0.1) is 1.37 Å². The molecule has 0 heterocycles. The Hall–Kier alpha value is -1.22. The lowest BCUT2D eigenvalue weighted by Crippen LogP contribution is -1.66. The van der Waals surface area contributed by atoms with Gasteiger partial charge in [0.1, 0.15) is 0 Å². The fourth-order valence-corrected chi connectivity index (χ4v) is 0.483. The van der Waals surface area contributed by atoms with Gasteiger partial charge in [-0.3, -0.25) is 0 Å². The molecule has 0 saturated carbocycles. The zero-order chi connectivity index (χ0) is 6.69. The monoisotopic (exact) mass is 103 g/mol. The van der Waals surface area contributed by atoms with Crippen molar-refractivity contribution < 1.29 is 1.37 Å². The third kappa shape index (κ3) is 0.886. The highest BCUT2D eigenvalue weighted by molar-refractivity contribution is 5.30. The zero-order valence-electron chi connectivity index (χ0n) is 5.39. The number of terminal acetylenes is 1. The maximum atomic E-state index is 7.10. The SMILES string of the molecule is [2H]c1ccc(C#C)cc1. The van der Waals surface area contributed by atoms with Crippen molar-refractivity contribution >= 4 is 0 Å². The van der Waals surface area contributed by atoms with Crippen LogP contribution in [0.25, 0.3) is 0 Å². The summed E-state index contributed by atoms with van der Waals surface area (Å²) in [7, 11) is 0. The number of rotatable bonds is 0. The van der Waals surface area contributed by atoms with E-state index < -0.39 is 0 Å². The molecule has 0 aliphatic heterocycles. The van der Waals surface area contributed by atoms with Crippen LogP contribution in [0, 0.1) is 12.3 Å². The third-order valence-electron chi connectivity index (χ3n) is 0.885. The lowest BCUT2D eigenvalue weighted by molar-refractivity contribution is 1.65. The minimum atomic E-state index is 0.494. The van der Waals surface area contributed by atoms with Crippen molar-refractivity contribution in [1.82, 2.24) is 0 Å². The van der Waals surface area contributed by atoms with Crippen LogP contribution in [0.4, 0.5) is 0 Å². The van der Waals surface area contributed by atoms with Crippen LogP contribution in [-0.2, 0) is 0 Å². The molecule has 0 amide bonds. The summed E-state index contributed by atoms with van der Waals surface area (Å²) in [5, 5.41) is 0. The van der Waals surface area contributed by atoms with Gasteiger partial charge in [-0.2, -0.15) is 0 Å². The fraction of sp³-hybridized carbons (Fsp3) is 0. The first-order chi connectivity index (χ1) is 4.33. The van der Waals surface area contributed by atoms with E-state index in [4.69, 9.17) is 7.79 Å². The summed E-state index contributed by atoms with van der Waals surface area (Å²) in [5.74, 6) is 2.47. The summed E-state index contributed by atoms with van der Waals surface area (Å²) in [5.41, 5.74) is 0.825. The molecule has 0 saturated heterocycles. The average molecular weight is 103 g/mol. The molecule has 8 heavy (non-hydrogen) atoms. The second kappa shape index (κ2) is 2.18. The van der Waals surface area contributed by atoms with E-state index in [0.717, 1.165) is 5.56 Å². The number of benzene rings is 1. The van der Waals surface area contributed by atoms with E-state index in [9.17, 15) is 0 Å². The number of hydrogen-bond donors (Lipinski definition) is 0. The smallest absolute Gasteiger partial charge is 0.0623 e. The van der Waals surface area contributed by atoms with E-state index >= 15 is 0 Å². The minimum Gasteiger partial charge on any atom is -0.115 e. The molecule has 0 atom stereocenters. The predicted molar refractivity (Wildman–Crippen MR) is 34.4 cm³/mol. The lowest BCUT2D eigenvalue weighted by atomic mass is 10.2. The molecular formula is C8H6. The molecule has 0 nitrogen and oxygen atoms in total. The van der Waals surface area contributed by atoms with E-state index in [0.29, 0.717) is 6.04 Å². The van der Waals surface area contributed by atoms with Crippen molar-refractivity contribution in [3.63, 3.8) is 0 Å². The summed E-state index contributed by atoms with van der Waals surface area (Å²) >= 11 is 0. The van der Waals surface area contributed by atoms with E-state index in [1.807, 2.05) is 0 Å². The molecule has 0 heteroatoms. The molecule has 0 radical (unpaired) electrons. The number of hydrogen-bond acceptors (Lipinski definition) is 0. The van der Waals surface area contributed by atoms with Crippen molar-refractivity contribution in [2.45, 2.75) is 0 Å². The van der Waals surface area contributed by atoms with E-state index in [1.54, 1.807) is 24.3 Å². The Morgan fingerprint density at radius 2 is 2.12 bits per heavy atom. The van der Waals surface area contributed by atoms with Gasteiger partial charge in [-0.25, -0.2) is 0 Å². The highest BCUT2D eigenvalue weighted by Crippen LogP contribution is 1.92. The van der Waals surface area contributed by atoms with E-state index in [2.05, 4.69) is 5.92 Å². The van der Waals surface area contributed by atoms with Crippen molar-refractivity contribution in [2.24, 2.45) is 0 Å². The summed E-state index contributed by atoms with van der Waals surface area (Å²) in [6.07, 6.45) is 5.09. The van der Waals surface area contributed by atoms with Crippen LogP contribution in [0.2, 0.25) is 0 Å². The third-order valence-corrected chi connectivity index (χ3v) is 0.885. The summed E-state index contributed by atoms with van der Waals surface area (Å²) in [6.45, 7) is 0. The molecule has 0 bridgehead atoms. The first-order valence-corrected chi connectivity index (χ1v) is 2.36. The predicted octanol–water partition coefficient (Wildman–Crippen LogP) is 1.67. The van der Waals surface area contributed by atoms with Gasteiger partial charge in [-0.05, 0) is 12.1 Å². The van der Waals surface area contributed by atoms with Crippen molar-refractivity contribution in [2.75, 3.05) is 0 Å². The second-order valence-electron chi connectivity index (χ2n) is 1.43. The molecule has 1 aromatic rings. The minimum absolute atomic E-state index is 0.494. The molecule has 1 rings (SSSR count). The topological polar surface area (TPSA) is 0 Å². The van der Waals surface area contributed by atoms with Gasteiger partial charge in [0.15, 0.2) is 0 Å². The Kier molecular flexibility index (Phi) is 1.02. The van der Waals surface area contributed by atoms with Crippen LogP contribution >= 0.6 is 0 Å². The average Bonchev–Trinajstić information content (AvgIpc) is 1.90. The molecule has 1 aromatic carbocycles. The zero-order valence-corrected chi connectivity index (χ0v) is 4.39. The fourth-order valence-electron chi connectivity index (χ4n) is 0.483. The van der Waals surface area contributed by atoms with Crippen LogP contribution in [0.3, 0.4) is 0 Å². The van der Waals surface area contributed by atoms with Crippen molar-refractivity contribution in [1.29, 1.82) is 0 Å². The summed E-state index contributed by atoms with van der Waals surface area (Å²) in [4.78, 5) is 0. The molecule has 0 unspecified atom stereocenters. The first-order valence-electron chi connectivity index (χ1n) is 2.86. The first kappa shape index (κ1) is 3.74. The second-order valence-corrected chi connectivity index (χ2v) is 1.43. The van der Waals surface area contributed by atoms with Crippen LogP contribution in [-0.4, -0.2) is 0 Å². The molecule has 0 fully saturated rings. The Balaban J connectivity index is 3.06. The molecule has 38 valence electrons. The van der Waals surface area contributed by atoms with E-state index in [1.165, 1.54) is 0 Å². The van der Waals surface area contributed by atoms with Gasteiger partial charge in [0, 0.05) is 5.56 Å². The van der Waals surface area contributed by atoms with Crippen molar-refractivity contribution in [3.05, 3.63) is 35.9 Å². The maximum absolute atomic E-state index is 7.10. The molecule has 0 N–H and O–H groups in total. The van der Waals surface area contributed by atoms with Crippen molar-refractivity contribution in [3.8, 4) is 12.3 Å². The molecule has 0 spiro atoms. The van der Waals surface area contributed by atoms with Crippen LogP contribution < -0.4 is 0 Å². The van der Waals surface area contributed by atoms with Gasteiger partial charge in [0.25, 0.3) is 0 Å². The van der Waals surface area contributed by atoms with Gasteiger partial charge in [-0.1, -0.05) is 24.1 Å². The van der Waals surface area contributed by atoms with Crippen LogP contribution in [0.1, 0.15) is 6.93 Å². The Morgan fingerprint density at radius 3 is 2.62 bits per heavy atom. The normalized spacial score (nSPS) is 9.62. The Labute approximate surface area is 50.6 Å². The van der Waals surface area contributed by atoms with E-state index in [-0.39, 0.29) is 0 Å². The molecular weight excluding hydrogens is 96.1 g/mol. The summed E-state index contributed by atoms with van der Waals surface area (Å²) in [6, 6.07) is 7.35. The Morgan fingerprint density at radius 1 is 1.50 bits per heavy atom. The standard InChI is InChI=1S/C8H6/c1-2-8-6-4-3-5-7-8/h1,3-7H/i3D. The van der Waals surface area contributed by atoms with Gasteiger partial charge in [0.2, 0.25) is 0 Å². The van der Waals surface area contributed by atoms with Crippen LogP contribution in [0.5, 0.6) is 0 Å². The maximum Gasteiger partial charge on any atom is 0.0623 e. The highest BCUT2D eigenvalue weighted by Gasteiger charge is 1.76. The van der Waals surface area contributed by atoms with Gasteiger partial charge < -0.3 is 0 Å². The van der Waals surface area contributed by atoms with Gasteiger partial charge in [-0.15, -0.1) is 6.42 Å². The highest BCUT2D eigenvalue weighted by atomic mass is 13.8. The van der Waals surface area contributed by atoms with Gasteiger partial charge >= 0.3 is 0 Å². The van der Waals surface area contributed by atoms with Crippen LogP contribution in [0.15, 0.2) is 30.3 Å². The Bertz CT molecular complexity index is 228. The largest absolute Gasteiger partial charge is 0.115 e. The molecule has 0 aromatic heterocycles. The summed E-state index contributed by atoms with van der Waals surface area (Å²) < 4.78 is 7.10. The lowest BCUT2D eigenvalue weighted by Gasteiger charge is -1.82. The quantitative estimate of drug-likeness (QED) is 0.438. The molecule has 0 aliphatic carbocycles. The molecule has 0 aliphatic rings.